The number of hydrogen-bond acceptors (Lipinski definition) is 5. The van der Waals surface area contributed by atoms with Gasteiger partial charge in [0.05, 0.1) is 4.88 Å². The first-order chi connectivity index (χ1) is 8.59. The number of allylic oxidation sites excluding steroid dienone is 1. The summed E-state index contributed by atoms with van der Waals surface area (Å²) in [7, 11) is 0. The van der Waals surface area contributed by atoms with Gasteiger partial charge in [-0.3, -0.25) is 4.79 Å². The van der Waals surface area contributed by atoms with Gasteiger partial charge in [0.2, 0.25) is 5.76 Å². The molecule has 2 N–H and O–H groups in total. The molecule has 92 valence electrons. The largest absolute Gasteiger partial charge is 0.502 e. The van der Waals surface area contributed by atoms with Crippen molar-refractivity contribution in [1.82, 2.24) is 0 Å². The lowest BCUT2D eigenvalue weighted by Gasteiger charge is -1.97. The van der Waals surface area contributed by atoms with E-state index in [0.717, 1.165) is 16.5 Å². The van der Waals surface area contributed by atoms with Crippen molar-refractivity contribution in [2.24, 2.45) is 0 Å². The van der Waals surface area contributed by atoms with Crippen LogP contribution in [0.25, 0.3) is 10.4 Å². The van der Waals surface area contributed by atoms with Crippen LogP contribution >= 0.6 is 22.7 Å². The summed E-state index contributed by atoms with van der Waals surface area (Å²) in [6.07, 6.45) is 0.727. The van der Waals surface area contributed by atoms with Crippen molar-refractivity contribution in [2.45, 2.75) is 0 Å². The topological polar surface area (TPSA) is 74.6 Å². The molecule has 18 heavy (non-hydrogen) atoms. The smallest absolute Gasteiger partial charge is 0.371 e. The van der Waals surface area contributed by atoms with Crippen LogP contribution in [-0.4, -0.2) is 22.0 Å². The van der Waals surface area contributed by atoms with Crippen molar-refractivity contribution in [3.05, 3.63) is 45.7 Å². The fourth-order valence-electron chi connectivity index (χ4n) is 1.38. The summed E-state index contributed by atoms with van der Waals surface area (Å²) >= 11 is 2.71. The average Bonchev–Trinajstić information content (AvgIpc) is 2.99. The fraction of sp³-hybridized carbons (Fsp3) is 0. The molecule has 0 aromatic carbocycles. The highest BCUT2D eigenvalue weighted by Gasteiger charge is 2.16. The molecule has 0 bridgehead atoms. The number of carbonyl (C=O) groups is 2. The van der Waals surface area contributed by atoms with Gasteiger partial charge >= 0.3 is 5.97 Å². The van der Waals surface area contributed by atoms with Gasteiger partial charge < -0.3 is 10.2 Å². The molecule has 0 radical (unpaired) electrons. The van der Waals surface area contributed by atoms with Gasteiger partial charge in [-0.2, -0.15) is 0 Å². The number of carboxylic acids is 1. The fourth-order valence-corrected chi connectivity index (χ4v) is 3.02. The number of hydrogen-bond donors (Lipinski definition) is 2. The molecule has 0 saturated carbocycles. The SMILES string of the molecule is O=C(O)C(O)=CC(=O)c1sccc1-c1cccs1. The van der Waals surface area contributed by atoms with Gasteiger partial charge in [-0.25, -0.2) is 4.79 Å². The van der Waals surface area contributed by atoms with Gasteiger partial charge in [0, 0.05) is 16.5 Å². The Balaban J connectivity index is 2.36. The zero-order valence-corrected chi connectivity index (χ0v) is 10.6. The number of aliphatic hydroxyl groups excluding tert-OH is 1. The maximum Gasteiger partial charge on any atom is 0.371 e. The van der Waals surface area contributed by atoms with Gasteiger partial charge in [0.15, 0.2) is 5.78 Å². The zero-order valence-electron chi connectivity index (χ0n) is 8.99. The van der Waals surface area contributed by atoms with E-state index in [-0.39, 0.29) is 0 Å². The molecule has 0 atom stereocenters. The van der Waals surface area contributed by atoms with Crippen molar-refractivity contribution in [1.29, 1.82) is 0 Å². The van der Waals surface area contributed by atoms with Crippen LogP contribution < -0.4 is 0 Å². The van der Waals surface area contributed by atoms with Crippen molar-refractivity contribution in [3.8, 4) is 10.4 Å². The van der Waals surface area contributed by atoms with Gasteiger partial charge in [-0.15, -0.1) is 22.7 Å². The van der Waals surface area contributed by atoms with E-state index in [1.165, 1.54) is 22.7 Å². The third-order valence-corrected chi connectivity index (χ3v) is 3.99. The monoisotopic (exact) mass is 280 g/mol. The molecule has 0 saturated heterocycles. The Morgan fingerprint density at radius 3 is 2.50 bits per heavy atom. The van der Waals surface area contributed by atoms with Crippen molar-refractivity contribution in [2.75, 3.05) is 0 Å². The normalized spacial score (nSPS) is 11.4. The van der Waals surface area contributed by atoms with E-state index in [4.69, 9.17) is 10.2 Å². The van der Waals surface area contributed by atoms with Crippen LogP contribution in [0, 0.1) is 0 Å². The Morgan fingerprint density at radius 2 is 1.89 bits per heavy atom. The molecule has 2 aromatic rings. The molecule has 6 heteroatoms. The van der Waals surface area contributed by atoms with Gasteiger partial charge in [0.1, 0.15) is 0 Å². The number of aliphatic carboxylic acids is 1. The van der Waals surface area contributed by atoms with Crippen LogP contribution in [-0.2, 0) is 4.79 Å². The molecule has 0 aliphatic rings. The van der Waals surface area contributed by atoms with Crippen molar-refractivity contribution in [3.63, 3.8) is 0 Å². The standard InChI is InChI=1S/C12H8O4S2/c13-8(6-9(14)12(15)16)11-7(3-5-18-11)10-2-1-4-17-10/h1-6,14H,(H,15,16). The molecule has 0 fully saturated rings. The number of thiophene rings is 2. The molecule has 0 spiro atoms. The molecule has 2 rings (SSSR count). The van der Waals surface area contributed by atoms with E-state index in [0.29, 0.717) is 4.88 Å². The summed E-state index contributed by atoms with van der Waals surface area (Å²) in [6.45, 7) is 0. The van der Waals surface area contributed by atoms with E-state index in [9.17, 15) is 9.59 Å². The summed E-state index contributed by atoms with van der Waals surface area (Å²) in [5.41, 5.74) is 0.759. The molecule has 0 unspecified atom stereocenters. The molecule has 0 amide bonds. The van der Waals surface area contributed by atoms with E-state index in [1.54, 1.807) is 11.4 Å². The highest BCUT2D eigenvalue weighted by molar-refractivity contribution is 7.15. The lowest BCUT2D eigenvalue weighted by atomic mass is 10.1. The van der Waals surface area contributed by atoms with E-state index >= 15 is 0 Å². The molecule has 0 aliphatic heterocycles. The molecular formula is C12H8O4S2. The third-order valence-electron chi connectivity index (χ3n) is 2.16. The van der Waals surface area contributed by atoms with Crippen LogP contribution in [0.3, 0.4) is 0 Å². The van der Waals surface area contributed by atoms with Crippen LogP contribution in [0.4, 0.5) is 0 Å². The minimum atomic E-state index is -1.52. The quantitative estimate of drug-likeness (QED) is 0.512. The lowest BCUT2D eigenvalue weighted by Crippen LogP contribution is -2.03. The second kappa shape index (κ2) is 5.16. The van der Waals surface area contributed by atoms with Crippen molar-refractivity contribution >= 4 is 34.4 Å². The van der Waals surface area contributed by atoms with E-state index in [2.05, 4.69) is 0 Å². The van der Waals surface area contributed by atoms with E-state index < -0.39 is 17.5 Å². The molecular weight excluding hydrogens is 272 g/mol. The van der Waals surface area contributed by atoms with Crippen LogP contribution in [0.15, 0.2) is 40.8 Å². The summed E-state index contributed by atoms with van der Waals surface area (Å²) in [4.78, 5) is 23.7. The van der Waals surface area contributed by atoms with Crippen LogP contribution in [0.1, 0.15) is 9.67 Å². The van der Waals surface area contributed by atoms with Crippen molar-refractivity contribution < 1.29 is 19.8 Å². The third kappa shape index (κ3) is 2.49. The first-order valence-corrected chi connectivity index (χ1v) is 6.65. The molecule has 2 heterocycles. The number of carbonyl (C=O) groups excluding carboxylic acids is 1. The minimum Gasteiger partial charge on any atom is -0.502 e. The van der Waals surface area contributed by atoms with Crippen LogP contribution in [0.5, 0.6) is 0 Å². The van der Waals surface area contributed by atoms with Gasteiger partial charge in [-0.05, 0) is 22.9 Å². The number of rotatable bonds is 4. The van der Waals surface area contributed by atoms with Crippen LogP contribution in [0.2, 0.25) is 0 Å². The Bertz CT molecular complexity index is 608. The van der Waals surface area contributed by atoms with Gasteiger partial charge in [0.25, 0.3) is 0 Å². The molecule has 4 nitrogen and oxygen atoms in total. The first-order valence-electron chi connectivity index (χ1n) is 4.89. The predicted octanol–water partition coefficient (Wildman–Crippen LogP) is 3.19. The van der Waals surface area contributed by atoms with E-state index in [1.807, 2.05) is 17.5 Å². The Labute approximate surface area is 110 Å². The highest BCUT2D eigenvalue weighted by Crippen LogP contribution is 2.32. The maximum atomic E-state index is 11.9. The second-order valence-electron chi connectivity index (χ2n) is 3.34. The summed E-state index contributed by atoms with van der Waals surface area (Å²) in [6, 6.07) is 5.55. The lowest BCUT2D eigenvalue weighted by molar-refractivity contribution is -0.135. The Kier molecular flexibility index (Phi) is 3.59. The highest BCUT2D eigenvalue weighted by atomic mass is 32.1. The zero-order chi connectivity index (χ0) is 13.1. The number of ketones is 1. The number of aliphatic hydroxyl groups is 1. The summed E-state index contributed by atoms with van der Waals surface area (Å²) in [5, 5.41) is 21.2. The summed E-state index contributed by atoms with van der Waals surface area (Å²) < 4.78 is 0. The Morgan fingerprint density at radius 1 is 1.11 bits per heavy atom. The maximum absolute atomic E-state index is 11.9. The first kappa shape index (κ1) is 12.5. The number of carboxylic acid groups (broad SMARTS) is 1. The second-order valence-corrected chi connectivity index (χ2v) is 5.20. The predicted molar refractivity (Wildman–Crippen MR) is 70.3 cm³/mol. The summed E-state index contributed by atoms with van der Waals surface area (Å²) in [5.74, 6) is -2.98. The average molecular weight is 280 g/mol. The molecule has 2 aromatic heterocycles. The minimum absolute atomic E-state index is 0.422. The van der Waals surface area contributed by atoms with Gasteiger partial charge in [-0.1, -0.05) is 6.07 Å². The molecule has 0 aliphatic carbocycles. The Hall–Kier alpha value is -1.92.